The van der Waals surface area contributed by atoms with Crippen molar-refractivity contribution >= 4 is 60.0 Å². The number of carbonyl (C=O) groups excluding carboxylic acids is 1. The van der Waals surface area contributed by atoms with Crippen molar-refractivity contribution in [2.75, 3.05) is 10.6 Å². The molecule has 2 heterocycles. The van der Waals surface area contributed by atoms with Crippen molar-refractivity contribution in [3.63, 3.8) is 0 Å². The van der Waals surface area contributed by atoms with Crippen LogP contribution in [0.3, 0.4) is 0 Å². The van der Waals surface area contributed by atoms with Gasteiger partial charge in [-0.25, -0.2) is 19.2 Å². The molecule has 0 spiro atoms. The minimum absolute atomic E-state index is 0.352. The molecule has 0 saturated carbocycles. The summed E-state index contributed by atoms with van der Waals surface area (Å²) in [6.07, 6.45) is 0. The molecule has 0 radical (unpaired) electrons. The highest BCUT2D eigenvalue weighted by molar-refractivity contribution is 7.24. The third-order valence-electron chi connectivity index (χ3n) is 3.34. The third kappa shape index (κ3) is 2.81. The van der Waals surface area contributed by atoms with E-state index < -0.39 is 6.03 Å². The van der Waals surface area contributed by atoms with E-state index in [2.05, 4.69) is 20.6 Å². The number of aromatic nitrogens is 2. The Hall–Kier alpha value is -2.58. The Morgan fingerprint density at radius 2 is 1.83 bits per heavy atom. The molecule has 5 nitrogen and oxygen atoms in total. The maximum Gasteiger partial charge on any atom is 0.325 e. The van der Waals surface area contributed by atoms with Gasteiger partial charge in [0.2, 0.25) is 0 Å². The van der Waals surface area contributed by atoms with Gasteiger partial charge >= 0.3 is 6.03 Å². The lowest BCUT2D eigenvalue weighted by molar-refractivity contribution is 0.262. The normalized spacial score (nSPS) is 11.1. The molecule has 0 unspecified atom stereocenters. The van der Waals surface area contributed by atoms with Crippen LogP contribution in [0, 0.1) is 12.7 Å². The van der Waals surface area contributed by atoms with Crippen molar-refractivity contribution in [2.45, 2.75) is 6.92 Å². The molecule has 0 bridgehead atoms. The van der Waals surface area contributed by atoms with Gasteiger partial charge < -0.3 is 5.32 Å². The Kier molecular flexibility index (Phi) is 3.62. The highest BCUT2D eigenvalue weighted by atomic mass is 32.1. The smallest absolute Gasteiger partial charge is 0.308 e. The summed E-state index contributed by atoms with van der Waals surface area (Å²) in [6.45, 7) is 1.97. The zero-order valence-electron chi connectivity index (χ0n) is 12.5. The SMILES string of the molecule is Cc1nc2c(ccc3nc(NC(=O)Nc4ccc(F)cc4)sc32)s1. The highest BCUT2D eigenvalue weighted by Gasteiger charge is 2.12. The number of fused-ring (bicyclic) bond motifs is 3. The van der Waals surface area contributed by atoms with Gasteiger partial charge in [0.15, 0.2) is 5.13 Å². The second kappa shape index (κ2) is 5.81. The maximum absolute atomic E-state index is 12.9. The Bertz CT molecular complexity index is 1060. The summed E-state index contributed by atoms with van der Waals surface area (Å²) < 4.78 is 14.9. The van der Waals surface area contributed by atoms with Crippen LogP contribution in [0.4, 0.5) is 20.0 Å². The van der Waals surface area contributed by atoms with Crippen molar-refractivity contribution in [2.24, 2.45) is 0 Å². The first-order chi connectivity index (χ1) is 11.6. The maximum atomic E-state index is 12.9. The summed E-state index contributed by atoms with van der Waals surface area (Å²) in [5.41, 5.74) is 2.22. The summed E-state index contributed by atoms with van der Waals surface area (Å²) in [5.74, 6) is -0.352. The van der Waals surface area contributed by atoms with Gasteiger partial charge in [-0.1, -0.05) is 11.3 Å². The summed E-state index contributed by atoms with van der Waals surface area (Å²) in [5, 5.41) is 6.83. The fraction of sp³-hybridized carbons (Fsp3) is 0.0625. The lowest BCUT2D eigenvalue weighted by Gasteiger charge is -2.04. The van der Waals surface area contributed by atoms with Crippen LogP contribution in [0.15, 0.2) is 36.4 Å². The standard InChI is InChI=1S/C16H11FN4OS2/c1-8-18-13-12(23-8)7-6-11-14(13)24-16(20-11)21-15(22)19-10-4-2-9(17)3-5-10/h2-7H,1H3,(H2,19,20,21,22). The van der Waals surface area contributed by atoms with E-state index in [1.807, 2.05) is 19.1 Å². The number of benzene rings is 2. The summed E-state index contributed by atoms with van der Waals surface area (Å²) in [7, 11) is 0. The van der Waals surface area contributed by atoms with E-state index in [0.717, 1.165) is 25.4 Å². The molecule has 4 rings (SSSR count). The summed E-state index contributed by atoms with van der Waals surface area (Å²) >= 11 is 3.01. The van der Waals surface area contributed by atoms with Crippen molar-refractivity contribution < 1.29 is 9.18 Å². The Morgan fingerprint density at radius 1 is 1.04 bits per heavy atom. The van der Waals surface area contributed by atoms with Gasteiger partial charge in [0.1, 0.15) is 11.3 Å². The molecule has 120 valence electrons. The van der Waals surface area contributed by atoms with Gasteiger partial charge in [0.25, 0.3) is 0 Å². The minimum Gasteiger partial charge on any atom is -0.308 e. The Balaban J connectivity index is 1.58. The van der Waals surface area contributed by atoms with Crippen LogP contribution in [0.2, 0.25) is 0 Å². The van der Waals surface area contributed by atoms with Crippen LogP contribution < -0.4 is 10.6 Å². The van der Waals surface area contributed by atoms with E-state index >= 15 is 0 Å². The van der Waals surface area contributed by atoms with Gasteiger partial charge in [0.05, 0.1) is 19.9 Å². The molecular weight excluding hydrogens is 347 g/mol. The molecule has 0 saturated heterocycles. The fourth-order valence-corrected chi connectivity index (χ4v) is 4.19. The van der Waals surface area contributed by atoms with Crippen molar-refractivity contribution in [1.29, 1.82) is 0 Å². The molecule has 24 heavy (non-hydrogen) atoms. The van der Waals surface area contributed by atoms with Crippen molar-refractivity contribution in [3.05, 3.63) is 47.2 Å². The van der Waals surface area contributed by atoms with Crippen LogP contribution in [-0.4, -0.2) is 16.0 Å². The Morgan fingerprint density at radius 3 is 2.62 bits per heavy atom. The number of nitrogens with zero attached hydrogens (tertiary/aromatic N) is 2. The number of rotatable bonds is 2. The lowest BCUT2D eigenvalue weighted by Crippen LogP contribution is -2.19. The first-order valence-corrected chi connectivity index (χ1v) is 8.72. The second-order valence-corrected chi connectivity index (χ2v) is 7.33. The monoisotopic (exact) mass is 358 g/mol. The first kappa shape index (κ1) is 15.0. The minimum atomic E-state index is -0.425. The molecule has 2 amide bonds. The largest absolute Gasteiger partial charge is 0.325 e. The quantitative estimate of drug-likeness (QED) is 0.530. The topological polar surface area (TPSA) is 66.9 Å². The lowest BCUT2D eigenvalue weighted by atomic mass is 10.3. The van der Waals surface area contributed by atoms with Gasteiger partial charge in [-0.3, -0.25) is 5.32 Å². The van der Waals surface area contributed by atoms with Crippen molar-refractivity contribution in [3.8, 4) is 0 Å². The molecular formula is C16H11FN4OS2. The summed E-state index contributed by atoms with van der Waals surface area (Å²) in [4.78, 5) is 21.0. The predicted molar refractivity (Wildman–Crippen MR) is 96.6 cm³/mol. The average molecular weight is 358 g/mol. The number of amides is 2. The number of thiazole rings is 2. The third-order valence-corrected chi connectivity index (χ3v) is 5.27. The zero-order chi connectivity index (χ0) is 16.7. The Labute approximate surface area is 144 Å². The van der Waals surface area contributed by atoms with Crippen molar-refractivity contribution in [1.82, 2.24) is 9.97 Å². The average Bonchev–Trinajstić information content (AvgIpc) is 3.11. The number of nitrogens with one attached hydrogen (secondary N) is 2. The number of hydrogen-bond acceptors (Lipinski definition) is 5. The molecule has 2 aromatic carbocycles. The van der Waals surface area contributed by atoms with Crippen LogP contribution >= 0.6 is 22.7 Å². The number of hydrogen-bond donors (Lipinski definition) is 2. The number of halogens is 1. The van der Waals surface area contributed by atoms with Crippen LogP contribution in [0.1, 0.15) is 5.01 Å². The van der Waals surface area contributed by atoms with Gasteiger partial charge in [-0.15, -0.1) is 11.3 Å². The number of urea groups is 1. The van der Waals surface area contributed by atoms with Crippen LogP contribution in [0.5, 0.6) is 0 Å². The molecule has 0 aliphatic carbocycles. The second-order valence-electron chi connectivity index (χ2n) is 5.10. The molecule has 0 fully saturated rings. The zero-order valence-corrected chi connectivity index (χ0v) is 14.1. The molecule has 4 aromatic rings. The summed E-state index contributed by atoms with van der Waals surface area (Å²) in [6, 6.07) is 9.05. The fourth-order valence-electron chi connectivity index (χ4n) is 2.33. The van der Waals surface area contributed by atoms with E-state index in [1.165, 1.54) is 35.6 Å². The molecule has 2 aromatic heterocycles. The van der Waals surface area contributed by atoms with E-state index in [9.17, 15) is 9.18 Å². The van der Waals surface area contributed by atoms with Gasteiger partial charge in [-0.05, 0) is 43.3 Å². The molecule has 0 aliphatic heterocycles. The first-order valence-electron chi connectivity index (χ1n) is 7.09. The predicted octanol–water partition coefficient (Wildman–Crippen LogP) is 5.00. The van der Waals surface area contributed by atoms with Gasteiger partial charge in [0, 0.05) is 5.69 Å². The van der Waals surface area contributed by atoms with E-state index in [1.54, 1.807) is 11.3 Å². The van der Waals surface area contributed by atoms with E-state index in [4.69, 9.17) is 0 Å². The number of carbonyl (C=O) groups is 1. The molecule has 0 atom stereocenters. The highest BCUT2D eigenvalue weighted by Crippen LogP contribution is 2.34. The number of anilines is 2. The number of aryl methyl sites for hydroxylation is 1. The molecule has 8 heteroatoms. The van der Waals surface area contributed by atoms with Crippen LogP contribution in [-0.2, 0) is 0 Å². The van der Waals surface area contributed by atoms with E-state index in [-0.39, 0.29) is 5.82 Å². The van der Waals surface area contributed by atoms with Gasteiger partial charge in [-0.2, -0.15) is 0 Å². The van der Waals surface area contributed by atoms with Crippen LogP contribution in [0.25, 0.3) is 20.4 Å². The van der Waals surface area contributed by atoms with E-state index in [0.29, 0.717) is 10.8 Å². The molecule has 0 aliphatic rings. The molecule has 2 N–H and O–H groups in total.